The van der Waals surface area contributed by atoms with Gasteiger partial charge in [-0.1, -0.05) is 36.6 Å². The van der Waals surface area contributed by atoms with Crippen molar-refractivity contribution < 1.29 is 4.79 Å². The quantitative estimate of drug-likeness (QED) is 0.912. The third kappa shape index (κ3) is 3.41. The minimum Gasteiger partial charge on any atom is -0.342 e. The molecule has 1 aliphatic carbocycles. The van der Waals surface area contributed by atoms with Crippen molar-refractivity contribution >= 4 is 17.5 Å². The molecule has 23 heavy (non-hydrogen) atoms. The third-order valence-corrected chi connectivity index (χ3v) is 5.87. The smallest absolute Gasteiger partial charge is 0.233 e. The summed E-state index contributed by atoms with van der Waals surface area (Å²) in [6, 6.07) is 7.95. The van der Waals surface area contributed by atoms with E-state index in [1.54, 1.807) is 0 Å². The molecule has 1 amide bonds. The van der Waals surface area contributed by atoms with Gasteiger partial charge in [-0.3, -0.25) is 4.79 Å². The highest BCUT2D eigenvalue weighted by molar-refractivity contribution is 6.30. The van der Waals surface area contributed by atoms with Crippen LogP contribution >= 0.6 is 11.6 Å². The van der Waals surface area contributed by atoms with Crippen molar-refractivity contribution in [2.24, 2.45) is 5.92 Å². The first-order chi connectivity index (χ1) is 11.2. The Morgan fingerprint density at radius 3 is 2.61 bits per heavy atom. The van der Waals surface area contributed by atoms with Crippen molar-refractivity contribution in [3.05, 3.63) is 34.9 Å². The molecule has 3 rings (SSSR count). The first kappa shape index (κ1) is 16.8. The van der Waals surface area contributed by atoms with Gasteiger partial charge in [-0.15, -0.1) is 0 Å². The summed E-state index contributed by atoms with van der Waals surface area (Å²) in [7, 11) is 2.00. The van der Waals surface area contributed by atoms with Crippen LogP contribution in [0.3, 0.4) is 0 Å². The number of halogens is 1. The molecule has 3 nitrogen and oxygen atoms in total. The van der Waals surface area contributed by atoms with Crippen LogP contribution in [-0.2, 0) is 10.2 Å². The second-order valence-corrected chi connectivity index (χ2v) is 7.53. The van der Waals surface area contributed by atoms with Crippen molar-refractivity contribution in [3.63, 3.8) is 0 Å². The molecule has 1 saturated heterocycles. The number of nitrogens with zero attached hydrogens (tertiary/aromatic N) is 1. The molecule has 2 fully saturated rings. The van der Waals surface area contributed by atoms with Crippen LogP contribution in [0, 0.1) is 5.92 Å². The van der Waals surface area contributed by atoms with Crippen LogP contribution in [0.4, 0.5) is 0 Å². The molecule has 1 saturated carbocycles. The van der Waals surface area contributed by atoms with E-state index in [1.165, 1.54) is 0 Å². The van der Waals surface area contributed by atoms with Gasteiger partial charge in [0.25, 0.3) is 0 Å². The van der Waals surface area contributed by atoms with Gasteiger partial charge < -0.3 is 10.2 Å². The summed E-state index contributed by atoms with van der Waals surface area (Å²) >= 11 is 6.20. The van der Waals surface area contributed by atoms with E-state index in [-0.39, 0.29) is 5.41 Å². The molecule has 1 aromatic carbocycles. The molecule has 2 aliphatic rings. The van der Waals surface area contributed by atoms with Crippen LogP contribution in [-0.4, -0.2) is 37.5 Å². The number of amides is 1. The van der Waals surface area contributed by atoms with E-state index in [0.29, 0.717) is 11.8 Å². The molecule has 1 aromatic rings. The van der Waals surface area contributed by atoms with Crippen LogP contribution in [0.5, 0.6) is 0 Å². The summed E-state index contributed by atoms with van der Waals surface area (Å²) in [5.41, 5.74) is 0.783. The number of hydrogen-bond donors (Lipinski definition) is 1. The molecule has 4 heteroatoms. The zero-order valence-electron chi connectivity index (χ0n) is 14.0. The monoisotopic (exact) mass is 334 g/mol. The number of likely N-dealkylation sites (tertiary alicyclic amines) is 1. The molecule has 0 bridgehead atoms. The van der Waals surface area contributed by atoms with E-state index in [2.05, 4.69) is 16.3 Å². The molecular formula is C19H27ClN2O. The molecule has 1 aliphatic heterocycles. The Kier molecular flexibility index (Phi) is 5.27. The lowest BCUT2D eigenvalue weighted by molar-refractivity contribution is -0.138. The van der Waals surface area contributed by atoms with Crippen molar-refractivity contribution in [2.75, 3.05) is 26.7 Å². The molecule has 1 heterocycles. The van der Waals surface area contributed by atoms with Crippen LogP contribution in [0.15, 0.2) is 24.3 Å². The summed E-state index contributed by atoms with van der Waals surface area (Å²) in [5, 5.41) is 3.99. The molecule has 0 unspecified atom stereocenters. The average Bonchev–Trinajstić information content (AvgIpc) is 3.06. The fourth-order valence-electron chi connectivity index (χ4n) is 4.32. The molecule has 126 valence electrons. The fraction of sp³-hybridized carbons (Fsp3) is 0.632. The van der Waals surface area contributed by atoms with E-state index >= 15 is 0 Å². The summed E-state index contributed by atoms with van der Waals surface area (Å²) in [6.07, 6.45) is 6.41. The Balaban J connectivity index is 1.78. The maximum atomic E-state index is 13.4. The minimum absolute atomic E-state index is 0.333. The fourth-order valence-corrected chi connectivity index (χ4v) is 4.51. The molecule has 0 aromatic heterocycles. The van der Waals surface area contributed by atoms with Crippen molar-refractivity contribution in [1.29, 1.82) is 0 Å². The maximum Gasteiger partial charge on any atom is 0.233 e. The number of benzene rings is 1. The normalized spacial score (nSPS) is 21.6. The van der Waals surface area contributed by atoms with E-state index in [4.69, 9.17) is 11.6 Å². The van der Waals surface area contributed by atoms with E-state index < -0.39 is 0 Å². The van der Waals surface area contributed by atoms with Gasteiger partial charge in [-0.25, -0.2) is 0 Å². The van der Waals surface area contributed by atoms with Gasteiger partial charge in [0.15, 0.2) is 0 Å². The Morgan fingerprint density at radius 2 is 2.00 bits per heavy atom. The Labute approximate surface area is 144 Å². The number of rotatable bonds is 4. The Hall–Kier alpha value is -1.06. The van der Waals surface area contributed by atoms with E-state index in [0.717, 1.165) is 68.7 Å². The van der Waals surface area contributed by atoms with Crippen LogP contribution in [0.1, 0.15) is 44.1 Å². The average molecular weight is 335 g/mol. The number of carbonyl (C=O) groups excluding carboxylic acids is 1. The predicted molar refractivity (Wildman–Crippen MR) is 94.8 cm³/mol. The largest absolute Gasteiger partial charge is 0.342 e. The topological polar surface area (TPSA) is 32.3 Å². The second kappa shape index (κ2) is 7.23. The van der Waals surface area contributed by atoms with E-state index in [9.17, 15) is 4.79 Å². The highest BCUT2D eigenvalue weighted by Gasteiger charge is 2.45. The maximum absolute atomic E-state index is 13.4. The van der Waals surface area contributed by atoms with Gasteiger partial charge >= 0.3 is 0 Å². The molecule has 0 radical (unpaired) electrons. The number of carbonyl (C=O) groups is 1. The van der Waals surface area contributed by atoms with Crippen molar-refractivity contribution in [1.82, 2.24) is 10.2 Å². The van der Waals surface area contributed by atoms with Gasteiger partial charge in [0.2, 0.25) is 5.91 Å². The lowest BCUT2D eigenvalue weighted by Crippen LogP contribution is -2.49. The van der Waals surface area contributed by atoms with Crippen LogP contribution in [0.2, 0.25) is 5.02 Å². The Bertz CT molecular complexity index is 546. The predicted octanol–water partition coefficient (Wildman–Crippen LogP) is 3.61. The second-order valence-electron chi connectivity index (χ2n) is 7.09. The molecule has 0 atom stereocenters. The lowest BCUT2D eigenvalue weighted by atomic mass is 9.77. The SMILES string of the molecule is CNCC1CCN(C(=O)C2(c3cccc(Cl)c3)CCCC2)CC1. The van der Waals surface area contributed by atoms with Gasteiger partial charge in [0, 0.05) is 18.1 Å². The van der Waals surface area contributed by atoms with E-state index in [1.807, 2.05) is 25.2 Å². The summed E-state index contributed by atoms with van der Waals surface area (Å²) in [6.45, 7) is 2.85. The lowest BCUT2D eigenvalue weighted by Gasteiger charge is -2.39. The zero-order valence-corrected chi connectivity index (χ0v) is 14.7. The number of piperidine rings is 1. The van der Waals surface area contributed by atoms with Gasteiger partial charge in [-0.05, 0) is 62.9 Å². The summed E-state index contributed by atoms with van der Waals surface area (Å²) in [4.78, 5) is 15.5. The standard InChI is InChI=1S/C19H27ClN2O/c1-21-14-15-7-11-22(12-8-15)18(23)19(9-2-3-10-19)16-5-4-6-17(20)13-16/h4-6,13,15,21H,2-3,7-12,14H2,1H3. The molecule has 0 spiro atoms. The molecule has 1 N–H and O–H groups in total. The van der Waals surface area contributed by atoms with Crippen LogP contribution in [0.25, 0.3) is 0 Å². The highest BCUT2D eigenvalue weighted by atomic mass is 35.5. The van der Waals surface area contributed by atoms with Crippen LogP contribution < -0.4 is 5.32 Å². The first-order valence-corrected chi connectivity index (χ1v) is 9.23. The van der Waals surface area contributed by atoms with Gasteiger partial charge in [0.1, 0.15) is 0 Å². The number of hydrogen-bond acceptors (Lipinski definition) is 2. The van der Waals surface area contributed by atoms with Gasteiger partial charge in [0.05, 0.1) is 5.41 Å². The summed E-state index contributed by atoms with van der Waals surface area (Å²) < 4.78 is 0. The number of nitrogens with one attached hydrogen (secondary N) is 1. The minimum atomic E-state index is -0.333. The first-order valence-electron chi connectivity index (χ1n) is 8.86. The van der Waals surface area contributed by atoms with Crippen molar-refractivity contribution in [2.45, 2.75) is 43.9 Å². The third-order valence-electron chi connectivity index (χ3n) is 5.64. The molecular weight excluding hydrogens is 308 g/mol. The van der Waals surface area contributed by atoms with Crippen molar-refractivity contribution in [3.8, 4) is 0 Å². The highest BCUT2D eigenvalue weighted by Crippen LogP contribution is 2.43. The van der Waals surface area contributed by atoms with Gasteiger partial charge in [-0.2, -0.15) is 0 Å². The zero-order chi connectivity index (χ0) is 16.3. The Morgan fingerprint density at radius 1 is 1.30 bits per heavy atom. The summed E-state index contributed by atoms with van der Waals surface area (Å²) in [5.74, 6) is 1.04.